The van der Waals surface area contributed by atoms with Gasteiger partial charge in [-0.15, -0.1) is 0 Å². The van der Waals surface area contributed by atoms with Crippen molar-refractivity contribution in [3.63, 3.8) is 0 Å². The van der Waals surface area contributed by atoms with Gasteiger partial charge in [0.2, 0.25) is 0 Å². The van der Waals surface area contributed by atoms with Gasteiger partial charge < -0.3 is 10.6 Å². The van der Waals surface area contributed by atoms with Crippen LogP contribution < -0.4 is 5.73 Å². The molecule has 2 nitrogen and oxygen atoms in total. The molecule has 0 spiro atoms. The summed E-state index contributed by atoms with van der Waals surface area (Å²) in [5.41, 5.74) is 6.56. The van der Waals surface area contributed by atoms with Crippen LogP contribution in [0.5, 0.6) is 0 Å². The van der Waals surface area contributed by atoms with E-state index >= 15 is 0 Å². The van der Waals surface area contributed by atoms with Crippen LogP contribution in [0.1, 0.15) is 57.8 Å². The van der Waals surface area contributed by atoms with Gasteiger partial charge in [-0.2, -0.15) is 0 Å². The van der Waals surface area contributed by atoms with Gasteiger partial charge in [0.25, 0.3) is 0 Å². The molecule has 2 fully saturated rings. The lowest BCUT2D eigenvalue weighted by atomic mass is 9.79. The number of nitrogens with zero attached hydrogens (tertiary/aromatic N) is 1. The minimum Gasteiger partial charge on any atom is -0.330 e. The Kier molecular flexibility index (Phi) is 4.66. The number of hydrogen-bond donors (Lipinski definition) is 1. The molecule has 1 saturated carbocycles. The fraction of sp³-hybridized carbons (Fsp3) is 1.00. The van der Waals surface area contributed by atoms with Crippen molar-refractivity contribution < 1.29 is 0 Å². The summed E-state index contributed by atoms with van der Waals surface area (Å²) in [5.74, 6) is 0. The molecule has 2 rings (SSSR count). The van der Waals surface area contributed by atoms with Gasteiger partial charge in [-0.25, -0.2) is 0 Å². The molecular weight excluding hydrogens is 196 g/mol. The molecule has 16 heavy (non-hydrogen) atoms. The summed E-state index contributed by atoms with van der Waals surface area (Å²) in [6.45, 7) is 4.83. The van der Waals surface area contributed by atoms with E-state index in [1.54, 1.807) is 0 Å². The third-order valence-corrected chi connectivity index (χ3v) is 4.60. The van der Waals surface area contributed by atoms with Crippen molar-refractivity contribution in [3.05, 3.63) is 0 Å². The summed E-state index contributed by atoms with van der Waals surface area (Å²) < 4.78 is 0. The molecule has 0 aromatic heterocycles. The number of hydrogen-bond acceptors (Lipinski definition) is 2. The van der Waals surface area contributed by atoms with Crippen molar-refractivity contribution >= 4 is 0 Å². The van der Waals surface area contributed by atoms with Crippen LogP contribution in [0.2, 0.25) is 0 Å². The summed E-state index contributed by atoms with van der Waals surface area (Å²) in [6, 6.07) is 0. The van der Waals surface area contributed by atoms with Crippen LogP contribution in [-0.2, 0) is 0 Å². The van der Waals surface area contributed by atoms with Crippen LogP contribution in [0.15, 0.2) is 0 Å². The molecule has 1 saturated heterocycles. The second kappa shape index (κ2) is 6.02. The standard InChI is InChI=1S/C14H28N2/c15-12-14(8-4-1-2-5-9-14)13-16-10-6-3-7-11-16/h1-13,15H2. The van der Waals surface area contributed by atoms with Crippen molar-refractivity contribution in [3.8, 4) is 0 Å². The van der Waals surface area contributed by atoms with Crippen LogP contribution in [0.3, 0.4) is 0 Å². The van der Waals surface area contributed by atoms with E-state index in [1.165, 1.54) is 77.4 Å². The lowest BCUT2D eigenvalue weighted by Crippen LogP contribution is -2.44. The first-order valence-electron chi connectivity index (χ1n) is 7.27. The molecule has 0 aromatic carbocycles. The summed E-state index contributed by atoms with van der Waals surface area (Å²) in [6.07, 6.45) is 12.7. The van der Waals surface area contributed by atoms with E-state index in [4.69, 9.17) is 5.73 Å². The fourth-order valence-corrected chi connectivity index (χ4v) is 3.50. The Balaban J connectivity index is 1.90. The third kappa shape index (κ3) is 3.21. The predicted molar refractivity (Wildman–Crippen MR) is 69.5 cm³/mol. The number of piperidine rings is 1. The van der Waals surface area contributed by atoms with Crippen LogP contribution in [0.4, 0.5) is 0 Å². The molecule has 0 bridgehead atoms. The summed E-state index contributed by atoms with van der Waals surface area (Å²) in [7, 11) is 0. The lowest BCUT2D eigenvalue weighted by Gasteiger charge is -2.38. The van der Waals surface area contributed by atoms with Crippen LogP contribution >= 0.6 is 0 Å². The first-order valence-corrected chi connectivity index (χ1v) is 7.27. The molecule has 1 heterocycles. The van der Waals surface area contributed by atoms with Gasteiger partial charge in [-0.3, -0.25) is 0 Å². The smallest absolute Gasteiger partial charge is 0.00501 e. The molecule has 1 aliphatic carbocycles. The van der Waals surface area contributed by atoms with Crippen LogP contribution in [0, 0.1) is 5.41 Å². The molecule has 0 aromatic rings. The van der Waals surface area contributed by atoms with Gasteiger partial charge in [-0.05, 0) is 50.7 Å². The van der Waals surface area contributed by atoms with Crippen molar-refractivity contribution in [2.45, 2.75) is 57.8 Å². The first kappa shape index (κ1) is 12.4. The highest BCUT2D eigenvalue weighted by Gasteiger charge is 2.31. The SMILES string of the molecule is NCC1(CN2CCCCC2)CCCCCC1. The quantitative estimate of drug-likeness (QED) is 0.747. The second-order valence-corrected chi connectivity index (χ2v) is 5.96. The molecule has 0 atom stereocenters. The molecular formula is C14H28N2. The van der Waals surface area contributed by atoms with Crippen molar-refractivity contribution in [1.82, 2.24) is 4.90 Å². The topological polar surface area (TPSA) is 29.3 Å². The maximum atomic E-state index is 6.10. The van der Waals surface area contributed by atoms with E-state index in [0.29, 0.717) is 5.41 Å². The van der Waals surface area contributed by atoms with E-state index in [-0.39, 0.29) is 0 Å². The van der Waals surface area contributed by atoms with Gasteiger partial charge in [0.05, 0.1) is 0 Å². The zero-order chi connectivity index (χ0) is 11.3. The van der Waals surface area contributed by atoms with Crippen molar-refractivity contribution in [2.75, 3.05) is 26.2 Å². The molecule has 2 N–H and O–H groups in total. The Hall–Kier alpha value is -0.0800. The van der Waals surface area contributed by atoms with E-state index in [0.717, 1.165) is 6.54 Å². The minimum absolute atomic E-state index is 0.466. The molecule has 2 aliphatic rings. The zero-order valence-electron chi connectivity index (χ0n) is 10.7. The molecule has 0 unspecified atom stereocenters. The highest BCUT2D eigenvalue weighted by molar-refractivity contribution is 4.86. The molecule has 0 radical (unpaired) electrons. The minimum atomic E-state index is 0.466. The number of likely N-dealkylation sites (tertiary alicyclic amines) is 1. The summed E-state index contributed by atoms with van der Waals surface area (Å²) in [4.78, 5) is 2.68. The molecule has 1 aliphatic heterocycles. The van der Waals surface area contributed by atoms with E-state index in [9.17, 15) is 0 Å². The lowest BCUT2D eigenvalue weighted by molar-refractivity contribution is 0.119. The van der Waals surface area contributed by atoms with Gasteiger partial charge in [0.1, 0.15) is 0 Å². The summed E-state index contributed by atoms with van der Waals surface area (Å²) >= 11 is 0. The average molecular weight is 224 g/mol. The Morgan fingerprint density at radius 2 is 1.38 bits per heavy atom. The van der Waals surface area contributed by atoms with Crippen molar-refractivity contribution in [1.29, 1.82) is 0 Å². The van der Waals surface area contributed by atoms with E-state index in [1.807, 2.05) is 0 Å². The van der Waals surface area contributed by atoms with E-state index in [2.05, 4.69) is 4.90 Å². The Morgan fingerprint density at radius 1 is 0.812 bits per heavy atom. The van der Waals surface area contributed by atoms with Gasteiger partial charge in [0, 0.05) is 6.54 Å². The van der Waals surface area contributed by atoms with Gasteiger partial charge >= 0.3 is 0 Å². The monoisotopic (exact) mass is 224 g/mol. The Morgan fingerprint density at radius 3 is 1.94 bits per heavy atom. The summed E-state index contributed by atoms with van der Waals surface area (Å²) in [5, 5.41) is 0. The normalized spacial score (nSPS) is 27.6. The largest absolute Gasteiger partial charge is 0.330 e. The van der Waals surface area contributed by atoms with E-state index < -0.39 is 0 Å². The Bertz CT molecular complexity index is 189. The van der Waals surface area contributed by atoms with Crippen LogP contribution in [-0.4, -0.2) is 31.1 Å². The van der Waals surface area contributed by atoms with Gasteiger partial charge in [0.15, 0.2) is 0 Å². The maximum Gasteiger partial charge on any atom is 0.00501 e. The molecule has 0 amide bonds. The highest BCUT2D eigenvalue weighted by atomic mass is 15.1. The number of nitrogens with two attached hydrogens (primary N) is 1. The zero-order valence-corrected chi connectivity index (χ0v) is 10.7. The second-order valence-electron chi connectivity index (χ2n) is 5.96. The fourth-order valence-electron chi connectivity index (χ4n) is 3.50. The Labute approximate surface area is 101 Å². The predicted octanol–water partition coefficient (Wildman–Crippen LogP) is 2.77. The maximum absolute atomic E-state index is 6.10. The first-order chi connectivity index (χ1) is 7.85. The third-order valence-electron chi connectivity index (χ3n) is 4.60. The number of rotatable bonds is 3. The van der Waals surface area contributed by atoms with Crippen molar-refractivity contribution in [2.24, 2.45) is 11.1 Å². The van der Waals surface area contributed by atoms with Gasteiger partial charge in [-0.1, -0.05) is 32.1 Å². The molecule has 94 valence electrons. The highest BCUT2D eigenvalue weighted by Crippen LogP contribution is 2.35. The molecule has 2 heteroatoms. The van der Waals surface area contributed by atoms with Crippen LogP contribution in [0.25, 0.3) is 0 Å². The average Bonchev–Trinajstić information content (AvgIpc) is 2.57.